The van der Waals surface area contributed by atoms with Crippen molar-refractivity contribution in [1.29, 1.82) is 0 Å². The number of carbonyl (C=O) groups excluding carboxylic acids is 1. The molecular weight excluding hydrogens is 289 g/mol. The van der Waals surface area contributed by atoms with Crippen LogP contribution in [0, 0.1) is 5.82 Å². The van der Waals surface area contributed by atoms with Gasteiger partial charge in [0.05, 0.1) is 0 Å². The number of nitrogens with zero attached hydrogens (tertiary/aromatic N) is 1. The van der Waals surface area contributed by atoms with Crippen molar-refractivity contribution in [2.75, 3.05) is 0 Å². The summed E-state index contributed by atoms with van der Waals surface area (Å²) in [5, 5.41) is 2.04. The second kappa shape index (κ2) is 5.62. The molecule has 0 radical (unpaired) electrons. The summed E-state index contributed by atoms with van der Waals surface area (Å²) in [6.45, 7) is 0. The lowest BCUT2D eigenvalue weighted by Crippen LogP contribution is -2.05. The zero-order valence-electron chi connectivity index (χ0n) is 11.0. The summed E-state index contributed by atoms with van der Waals surface area (Å²) in [5.74, 6) is -0.465. The molecule has 0 amide bonds. The molecular formula is C17H11ClFNO. The fourth-order valence-electron chi connectivity index (χ4n) is 2.30. The van der Waals surface area contributed by atoms with E-state index < -0.39 is 5.82 Å². The monoisotopic (exact) mass is 299 g/mol. The zero-order valence-corrected chi connectivity index (χ0v) is 11.8. The van der Waals surface area contributed by atoms with E-state index in [4.69, 9.17) is 11.6 Å². The molecule has 0 saturated heterocycles. The number of rotatable bonds is 3. The van der Waals surface area contributed by atoms with Gasteiger partial charge in [-0.05, 0) is 29.1 Å². The van der Waals surface area contributed by atoms with E-state index in [2.05, 4.69) is 4.98 Å². The van der Waals surface area contributed by atoms with Crippen LogP contribution in [0.4, 0.5) is 4.39 Å². The number of hydrogen-bond acceptors (Lipinski definition) is 2. The van der Waals surface area contributed by atoms with Crippen molar-refractivity contribution in [2.24, 2.45) is 0 Å². The largest absolute Gasteiger partial charge is 0.294 e. The molecule has 104 valence electrons. The molecule has 2 aromatic carbocycles. The van der Waals surface area contributed by atoms with E-state index >= 15 is 0 Å². The summed E-state index contributed by atoms with van der Waals surface area (Å²) >= 11 is 5.98. The normalized spacial score (nSPS) is 10.8. The molecule has 0 spiro atoms. The minimum atomic E-state index is -0.410. The van der Waals surface area contributed by atoms with Gasteiger partial charge in [0.2, 0.25) is 0 Å². The van der Waals surface area contributed by atoms with E-state index in [1.54, 1.807) is 24.5 Å². The van der Waals surface area contributed by atoms with Gasteiger partial charge in [-0.2, -0.15) is 0 Å². The molecule has 0 N–H and O–H groups in total. The Kier molecular flexibility index (Phi) is 3.67. The van der Waals surface area contributed by atoms with E-state index in [1.165, 1.54) is 12.1 Å². The Bertz CT molecular complexity index is 827. The van der Waals surface area contributed by atoms with Gasteiger partial charge in [0, 0.05) is 34.8 Å². The maximum absolute atomic E-state index is 13.0. The first kappa shape index (κ1) is 13.7. The molecule has 0 aliphatic rings. The lowest BCUT2D eigenvalue weighted by molar-refractivity contribution is 0.0994. The van der Waals surface area contributed by atoms with Crippen LogP contribution in [0.5, 0.6) is 0 Å². The van der Waals surface area contributed by atoms with Crippen LogP contribution in [0.1, 0.15) is 15.9 Å². The van der Waals surface area contributed by atoms with Crippen LogP contribution < -0.4 is 0 Å². The van der Waals surface area contributed by atoms with Crippen molar-refractivity contribution in [3.63, 3.8) is 0 Å². The molecule has 0 fully saturated rings. The minimum Gasteiger partial charge on any atom is -0.294 e. The molecule has 3 aromatic rings. The van der Waals surface area contributed by atoms with Gasteiger partial charge in [0.25, 0.3) is 0 Å². The van der Waals surface area contributed by atoms with Gasteiger partial charge in [0.15, 0.2) is 5.78 Å². The van der Waals surface area contributed by atoms with Crippen LogP contribution in [0.3, 0.4) is 0 Å². The molecule has 3 rings (SSSR count). The topological polar surface area (TPSA) is 30.0 Å². The molecule has 0 atom stereocenters. The highest BCUT2D eigenvalue weighted by Crippen LogP contribution is 2.22. The average molecular weight is 300 g/mol. The van der Waals surface area contributed by atoms with Gasteiger partial charge < -0.3 is 0 Å². The first-order chi connectivity index (χ1) is 10.1. The summed E-state index contributed by atoms with van der Waals surface area (Å²) in [4.78, 5) is 16.5. The fourth-order valence-corrected chi connectivity index (χ4v) is 2.53. The average Bonchev–Trinajstić information content (AvgIpc) is 2.49. The predicted octanol–water partition coefficient (Wildman–Crippen LogP) is 4.45. The highest BCUT2D eigenvalue weighted by Gasteiger charge is 2.13. The first-order valence-electron chi connectivity index (χ1n) is 6.45. The summed E-state index contributed by atoms with van der Waals surface area (Å²) in [6, 6.07) is 11.4. The van der Waals surface area contributed by atoms with E-state index in [0.717, 1.165) is 10.8 Å². The van der Waals surface area contributed by atoms with Crippen LogP contribution in [0.25, 0.3) is 10.8 Å². The third-order valence-corrected chi connectivity index (χ3v) is 3.70. The number of hydrogen-bond donors (Lipinski definition) is 0. The van der Waals surface area contributed by atoms with Gasteiger partial charge in [-0.25, -0.2) is 4.39 Å². The Hall–Kier alpha value is -2.26. The molecule has 1 aromatic heterocycles. The van der Waals surface area contributed by atoms with E-state index in [0.29, 0.717) is 11.1 Å². The van der Waals surface area contributed by atoms with Crippen LogP contribution in [0.15, 0.2) is 54.9 Å². The van der Waals surface area contributed by atoms with Crippen molar-refractivity contribution in [1.82, 2.24) is 4.98 Å². The van der Waals surface area contributed by atoms with Gasteiger partial charge in [-0.1, -0.05) is 35.9 Å². The molecule has 0 unspecified atom stereocenters. The van der Waals surface area contributed by atoms with Crippen molar-refractivity contribution in [2.45, 2.75) is 6.42 Å². The maximum atomic E-state index is 13.0. The molecule has 0 bridgehead atoms. The SMILES string of the molecule is O=C(Cc1ccc(F)cc1Cl)c1cccc2cnccc12. The Morgan fingerprint density at radius 2 is 2.05 bits per heavy atom. The number of Topliss-reactive ketones (excluding diaryl/α,β-unsaturated/α-hetero) is 1. The fraction of sp³-hybridized carbons (Fsp3) is 0.0588. The molecule has 0 aliphatic carbocycles. The standard InChI is InChI=1S/C17H11ClFNO/c18-16-9-13(19)5-4-11(16)8-17(21)15-3-1-2-12-10-20-7-6-14(12)15/h1-7,9-10H,8H2. The third-order valence-electron chi connectivity index (χ3n) is 3.35. The highest BCUT2D eigenvalue weighted by atomic mass is 35.5. The summed E-state index contributed by atoms with van der Waals surface area (Å²) in [6.07, 6.45) is 3.52. The second-order valence-corrected chi connectivity index (χ2v) is 5.15. The number of ketones is 1. The molecule has 0 aliphatic heterocycles. The lowest BCUT2D eigenvalue weighted by atomic mass is 9.98. The van der Waals surface area contributed by atoms with Gasteiger partial charge in [-0.15, -0.1) is 0 Å². The Labute approximate surface area is 126 Å². The zero-order chi connectivity index (χ0) is 14.8. The van der Waals surface area contributed by atoms with Crippen LogP contribution in [-0.4, -0.2) is 10.8 Å². The van der Waals surface area contributed by atoms with Crippen LogP contribution >= 0.6 is 11.6 Å². The predicted molar refractivity (Wildman–Crippen MR) is 81.2 cm³/mol. The number of carbonyl (C=O) groups is 1. The number of fused-ring (bicyclic) bond motifs is 1. The molecule has 0 saturated carbocycles. The number of aromatic nitrogens is 1. The molecule has 1 heterocycles. The Morgan fingerprint density at radius 3 is 2.86 bits per heavy atom. The maximum Gasteiger partial charge on any atom is 0.167 e. The first-order valence-corrected chi connectivity index (χ1v) is 6.83. The number of pyridine rings is 1. The van der Waals surface area contributed by atoms with Gasteiger partial charge in [-0.3, -0.25) is 9.78 Å². The summed E-state index contributed by atoms with van der Waals surface area (Å²) in [7, 11) is 0. The smallest absolute Gasteiger partial charge is 0.167 e. The van der Waals surface area contributed by atoms with E-state index in [-0.39, 0.29) is 17.2 Å². The lowest BCUT2D eigenvalue weighted by Gasteiger charge is -2.07. The van der Waals surface area contributed by atoms with Crippen LogP contribution in [-0.2, 0) is 6.42 Å². The van der Waals surface area contributed by atoms with E-state index in [1.807, 2.05) is 18.2 Å². The minimum absolute atomic E-state index is 0.0553. The number of halogens is 2. The van der Waals surface area contributed by atoms with Crippen molar-refractivity contribution < 1.29 is 9.18 Å². The second-order valence-electron chi connectivity index (χ2n) is 4.74. The van der Waals surface area contributed by atoms with Gasteiger partial charge >= 0.3 is 0 Å². The number of benzene rings is 2. The Morgan fingerprint density at radius 1 is 1.19 bits per heavy atom. The van der Waals surface area contributed by atoms with Crippen LogP contribution in [0.2, 0.25) is 5.02 Å². The molecule has 21 heavy (non-hydrogen) atoms. The molecule has 4 heteroatoms. The quantitative estimate of drug-likeness (QED) is 0.669. The van der Waals surface area contributed by atoms with Gasteiger partial charge in [0.1, 0.15) is 5.82 Å². The van der Waals surface area contributed by atoms with Crippen molar-refractivity contribution in [3.8, 4) is 0 Å². The molecule has 2 nitrogen and oxygen atoms in total. The highest BCUT2D eigenvalue weighted by molar-refractivity contribution is 6.31. The summed E-state index contributed by atoms with van der Waals surface area (Å²) < 4.78 is 13.0. The Balaban J connectivity index is 1.97. The van der Waals surface area contributed by atoms with Crippen molar-refractivity contribution in [3.05, 3.63) is 76.8 Å². The van der Waals surface area contributed by atoms with Crippen molar-refractivity contribution >= 4 is 28.2 Å². The summed E-state index contributed by atoms with van der Waals surface area (Å²) in [5.41, 5.74) is 1.24. The van der Waals surface area contributed by atoms with E-state index in [9.17, 15) is 9.18 Å². The third kappa shape index (κ3) is 2.78.